The Morgan fingerprint density at radius 1 is 1.07 bits per heavy atom. The average molecular weight is 415 g/mol. The van der Waals surface area contributed by atoms with E-state index in [1.165, 1.54) is 24.3 Å². The van der Waals surface area contributed by atoms with Crippen LogP contribution in [0.2, 0.25) is 0 Å². The molecule has 1 unspecified atom stereocenters. The van der Waals surface area contributed by atoms with Gasteiger partial charge >= 0.3 is 0 Å². The molecule has 0 fully saturated rings. The van der Waals surface area contributed by atoms with Gasteiger partial charge in [-0.05, 0) is 49.6 Å². The molecule has 2 aromatic carbocycles. The summed E-state index contributed by atoms with van der Waals surface area (Å²) in [5, 5.41) is 2.93. The van der Waals surface area contributed by atoms with Gasteiger partial charge in [0.15, 0.2) is 6.61 Å². The van der Waals surface area contributed by atoms with Crippen molar-refractivity contribution in [2.45, 2.75) is 52.6 Å². The van der Waals surface area contributed by atoms with Crippen molar-refractivity contribution in [3.8, 4) is 5.75 Å². The molecule has 1 N–H and O–H groups in total. The van der Waals surface area contributed by atoms with Crippen molar-refractivity contribution in [1.82, 2.24) is 10.2 Å². The van der Waals surface area contributed by atoms with Crippen LogP contribution in [0.4, 0.5) is 4.39 Å². The summed E-state index contributed by atoms with van der Waals surface area (Å²) in [5.41, 5.74) is 2.07. The van der Waals surface area contributed by atoms with Crippen LogP contribution in [0.15, 0.2) is 48.5 Å². The number of nitrogens with one attached hydrogen (secondary N) is 1. The van der Waals surface area contributed by atoms with E-state index in [9.17, 15) is 14.0 Å². The summed E-state index contributed by atoms with van der Waals surface area (Å²) in [4.78, 5) is 27.4. The number of rotatable bonds is 11. The van der Waals surface area contributed by atoms with Gasteiger partial charge in [0.1, 0.15) is 17.6 Å². The largest absolute Gasteiger partial charge is 0.484 e. The first-order chi connectivity index (χ1) is 14.4. The van der Waals surface area contributed by atoms with Crippen molar-refractivity contribution in [2.75, 3.05) is 13.2 Å². The highest BCUT2D eigenvalue weighted by Crippen LogP contribution is 2.15. The Kier molecular flexibility index (Phi) is 9.32. The molecule has 6 heteroatoms. The lowest BCUT2D eigenvalue weighted by molar-refractivity contribution is -0.143. The number of carbonyl (C=O) groups excluding carboxylic acids is 2. The molecular weight excluding hydrogens is 383 g/mol. The Morgan fingerprint density at radius 2 is 1.73 bits per heavy atom. The summed E-state index contributed by atoms with van der Waals surface area (Å²) in [6, 6.07) is 12.8. The van der Waals surface area contributed by atoms with E-state index in [1.807, 2.05) is 38.1 Å². The quantitative estimate of drug-likeness (QED) is 0.560. The predicted octanol–water partition coefficient (Wildman–Crippen LogP) is 4.24. The Hall–Kier alpha value is -2.89. The molecule has 0 spiro atoms. The third-order valence-electron chi connectivity index (χ3n) is 4.86. The second kappa shape index (κ2) is 12.0. The molecular formula is C24H31FN2O3. The zero-order valence-electron chi connectivity index (χ0n) is 18.0. The van der Waals surface area contributed by atoms with Crippen molar-refractivity contribution < 1.29 is 18.7 Å². The van der Waals surface area contributed by atoms with Gasteiger partial charge in [-0.1, -0.05) is 50.1 Å². The number of amides is 2. The van der Waals surface area contributed by atoms with Crippen molar-refractivity contribution in [2.24, 2.45) is 0 Å². The number of nitrogens with zero attached hydrogens (tertiary/aromatic N) is 1. The molecule has 2 aromatic rings. The minimum absolute atomic E-state index is 0.159. The first kappa shape index (κ1) is 23.4. The summed E-state index contributed by atoms with van der Waals surface area (Å²) in [6.45, 7) is 6.62. The average Bonchev–Trinajstić information content (AvgIpc) is 2.74. The normalized spacial score (nSPS) is 11.6. The summed E-state index contributed by atoms with van der Waals surface area (Å²) < 4.78 is 18.6. The molecule has 5 nitrogen and oxygen atoms in total. The number of benzene rings is 2. The van der Waals surface area contributed by atoms with Crippen LogP contribution in [0, 0.1) is 12.7 Å². The molecule has 2 rings (SSSR count). The molecule has 162 valence electrons. The van der Waals surface area contributed by atoms with E-state index < -0.39 is 6.04 Å². The van der Waals surface area contributed by atoms with Gasteiger partial charge in [0.25, 0.3) is 5.91 Å². The molecule has 30 heavy (non-hydrogen) atoms. The van der Waals surface area contributed by atoms with Gasteiger partial charge < -0.3 is 15.0 Å². The molecule has 0 aliphatic carbocycles. The van der Waals surface area contributed by atoms with Gasteiger partial charge in [0, 0.05) is 13.1 Å². The monoisotopic (exact) mass is 414 g/mol. The number of unbranched alkanes of at least 4 members (excludes halogenated alkanes) is 1. The molecule has 0 bridgehead atoms. The third kappa shape index (κ3) is 7.17. The highest BCUT2D eigenvalue weighted by Gasteiger charge is 2.28. The summed E-state index contributed by atoms with van der Waals surface area (Å²) >= 11 is 0. The van der Waals surface area contributed by atoms with E-state index in [1.54, 1.807) is 4.90 Å². The zero-order valence-corrected chi connectivity index (χ0v) is 18.0. The minimum Gasteiger partial charge on any atom is -0.484 e. The number of halogens is 1. The maximum Gasteiger partial charge on any atom is 0.261 e. The van der Waals surface area contributed by atoms with Gasteiger partial charge in [0.05, 0.1) is 0 Å². The lowest BCUT2D eigenvalue weighted by Gasteiger charge is -2.30. The van der Waals surface area contributed by atoms with Crippen LogP contribution in [0.25, 0.3) is 0 Å². The highest BCUT2D eigenvalue weighted by atomic mass is 19.1. The van der Waals surface area contributed by atoms with Crippen molar-refractivity contribution >= 4 is 11.8 Å². The topological polar surface area (TPSA) is 58.6 Å². The van der Waals surface area contributed by atoms with E-state index in [4.69, 9.17) is 4.74 Å². The number of hydrogen-bond acceptors (Lipinski definition) is 3. The number of carbonyl (C=O) groups is 2. The van der Waals surface area contributed by atoms with Crippen LogP contribution >= 0.6 is 0 Å². The van der Waals surface area contributed by atoms with Crippen LogP contribution in [0.1, 0.15) is 44.2 Å². The summed E-state index contributed by atoms with van der Waals surface area (Å²) in [7, 11) is 0. The van der Waals surface area contributed by atoms with E-state index >= 15 is 0 Å². The zero-order chi connectivity index (χ0) is 21.9. The number of hydrogen-bond donors (Lipinski definition) is 1. The SMILES string of the molecule is CCCCNC(=O)C(CC)N(Cc1ccc(C)cc1)C(=O)COc1ccc(F)cc1. The second-order valence-electron chi connectivity index (χ2n) is 7.32. The molecule has 0 heterocycles. The van der Waals surface area contributed by atoms with Gasteiger partial charge in [-0.25, -0.2) is 4.39 Å². The number of aryl methyl sites for hydroxylation is 1. The molecule has 0 saturated carbocycles. The molecule has 0 aliphatic heterocycles. The summed E-state index contributed by atoms with van der Waals surface area (Å²) in [6.07, 6.45) is 2.36. The van der Waals surface area contributed by atoms with Gasteiger partial charge in [-0.3, -0.25) is 9.59 Å². The van der Waals surface area contributed by atoms with Crippen LogP contribution in [0.5, 0.6) is 5.75 Å². The fourth-order valence-electron chi connectivity index (χ4n) is 3.07. The van der Waals surface area contributed by atoms with E-state index in [0.29, 0.717) is 25.3 Å². The van der Waals surface area contributed by atoms with Crippen LogP contribution in [0.3, 0.4) is 0 Å². The van der Waals surface area contributed by atoms with E-state index in [-0.39, 0.29) is 24.2 Å². The van der Waals surface area contributed by atoms with Gasteiger partial charge in [-0.15, -0.1) is 0 Å². The molecule has 0 aromatic heterocycles. The van der Waals surface area contributed by atoms with Crippen molar-refractivity contribution in [3.63, 3.8) is 0 Å². The van der Waals surface area contributed by atoms with Crippen molar-refractivity contribution in [3.05, 3.63) is 65.5 Å². The molecule has 1 atom stereocenters. The minimum atomic E-state index is -0.590. The molecule has 0 aliphatic rings. The first-order valence-electron chi connectivity index (χ1n) is 10.5. The van der Waals surface area contributed by atoms with Crippen LogP contribution < -0.4 is 10.1 Å². The lowest BCUT2D eigenvalue weighted by Crippen LogP contribution is -2.50. The maximum absolute atomic E-state index is 13.1. The fourth-order valence-corrected chi connectivity index (χ4v) is 3.07. The molecule has 0 saturated heterocycles. The molecule has 2 amide bonds. The summed E-state index contributed by atoms with van der Waals surface area (Å²) in [5.74, 6) is -0.421. The third-order valence-corrected chi connectivity index (χ3v) is 4.86. The number of ether oxygens (including phenoxy) is 1. The predicted molar refractivity (Wildman–Crippen MR) is 116 cm³/mol. The Labute approximate surface area is 178 Å². The highest BCUT2D eigenvalue weighted by molar-refractivity contribution is 5.88. The van der Waals surface area contributed by atoms with Crippen LogP contribution in [-0.2, 0) is 16.1 Å². The van der Waals surface area contributed by atoms with Crippen LogP contribution in [-0.4, -0.2) is 35.9 Å². The fraction of sp³-hybridized carbons (Fsp3) is 0.417. The Balaban J connectivity index is 2.15. The van der Waals surface area contributed by atoms with E-state index in [2.05, 4.69) is 12.2 Å². The van der Waals surface area contributed by atoms with Gasteiger partial charge in [-0.2, -0.15) is 0 Å². The standard InChI is InChI=1S/C24H31FN2O3/c1-4-6-15-26-24(29)22(5-2)27(16-19-9-7-18(3)8-10-19)23(28)17-30-21-13-11-20(25)12-14-21/h7-14,22H,4-6,15-17H2,1-3H3,(H,26,29). The lowest BCUT2D eigenvalue weighted by atomic mass is 10.1. The second-order valence-corrected chi connectivity index (χ2v) is 7.32. The first-order valence-corrected chi connectivity index (χ1v) is 10.5. The Bertz CT molecular complexity index is 806. The van der Waals surface area contributed by atoms with Gasteiger partial charge in [0.2, 0.25) is 5.91 Å². The molecule has 0 radical (unpaired) electrons. The Morgan fingerprint density at radius 3 is 2.33 bits per heavy atom. The maximum atomic E-state index is 13.1. The van der Waals surface area contributed by atoms with Crippen molar-refractivity contribution in [1.29, 1.82) is 0 Å². The smallest absolute Gasteiger partial charge is 0.261 e. The van der Waals surface area contributed by atoms with E-state index in [0.717, 1.165) is 24.0 Å².